The molecule has 4 heteroatoms. The van der Waals surface area contributed by atoms with E-state index in [-0.39, 0.29) is 0 Å². The lowest BCUT2D eigenvalue weighted by Crippen LogP contribution is -2.14. The molecule has 3 rings (SSSR count). The zero-order chi connectivity index (χ0) is 14.1. The van der Waals surface area contributed by atoms with Crippen LogP contribution in [0.1, 0.15) is 17.0 Å². The van der Waals surface area contributed by atoms with Crippen molar-refractivity contribution in [3.8, 4) is 5.75 Å². The molecule has 0 bridgehead atoms. The van der Waals surface area contributed by atoms with Gasteiger partial charge in [0, 0.05) is 23.0 Å². The van der Waals surface area contributed by atoms with Crippen molar-refractivity contribution >= 4 is 28.9 Å². The normalized spacial score (nSPS) is 16.6. The van der Waals surface area contributed by atoms with Crippen molar-refractivity contribution in [1.29, 1.82) is 0 Å². The fourth-order valence-electron chi connectivity index (χ4n) is 2.41. The number of nitrogens with one attached hydrogen (secondary N) is 1. The van der Waals surface area contributed by atoms with Gasteiger partial charge in [-0.05, 0) is 30.7 Å². The van der Waals surface area contributed by atoms with Crippen LogP contribution in [0.2, 0.25) is 10.0 Å². The van der Waals surface area contributed by atoms with Gasteiger partial charge in [-0.1, -0.05) is 41.4 Å². The molecule has 0 aromatic heterocycles. The maximum absolute atomic E-state index is 6.23. The van der Waals surface area contributed by atoms with Crippen LogP contribution in [-0.2, 0) is 0 Å². The predicted octanol–water partition coefficient (Wildman–Crippen LogP) is 4.89. The number of hydrogen-bond donors (Lipinski definition) is 1. The van der Waals surface area contributed by atoms with Gasteiger partial charge in [-0.3, -0.25) is 0 Å². The standard InChI is InChI=1S/C16H15Cl2NO/c1-10-6-14(18)15(7-13(10)17)19-8-11-9-20-16-5-3-2-4-12(11)16/h2-7,11,19H,8-9H2,1H3. The molecule has 2 aromatic rings. The molecular formula is C16H15Cl2NO. The Morgan fingerprint density at radius 2 is 2.00 bits per heavy atom. The minimum Gasteiger partial charge on any atom is -0.493 e. The van der Waals surface area contributed by atoms with Crippen LogP contribution in [0.15, 0.2) is 36.4 Å². The largest absolute Gasteiger partial charge is 0.493 e. The summed E-state index contributed by atoms with van der Waals surface area (Å²) < 4.78 is 5.67. The summed E-state index contributed by atoms with van der Waals surface area (Å²) in [4.78, 5) is 0. The van der Waals surface area contributed by atoms with Crippen molar-refractivity contribution in [2.45, 2.75) is 12.8 Å². The quantitative estimate of drug-likeness (QED) is 0.871. The Bertz CT molecular complexity index is 642. The number of aryl methyl sites for hydroxylation is 1. The van der Waals surface area contributed by atoms with E-state index in [0.717, 1.165) is 28.6 Å². The molecule has 2 nitrogen and oxygen atoms in total. The highest BCUT2D eigenvalue weighted by Crippen LogP contribution is 2.34. The molecule has 1 aliphatic heterocycles. The Morgan fingerprint density at radius 3 is 2.85 bits per heavy atom. The molecule has 0 radical (unpaired) electrons. The number of para-hydroxylation sites is 1. The van der Waals surface area contributed by atoms with Gasteiger partial charge in [-0.15, -0.1) is 0 Å². The smallest absolute Gasteiger partial charge is 0.122 e. The van der Waals surface area contributed by atoms with Gasteiger partial charge in [0.2, 0.25) is 0 Å². The first-order valence-corrected chi connectivity index (χ1v) is 7.32. The average molecular weight is 308 g/mol. The molecule has 0 saturated carbocycles. The van der Waals surface area contributed by atoms with Crippen LogP contribution in [0.25, 0.3) is 0 Å². The molecule has 1 unspecified atom stereocenters. The summed E-state index contributed by atoms with van der Waals surface area (Å²) in [5, 5.41) is 4.78. The van der Waals surface area contributed by atoms with Crippen molar-refractivity contribution in [2.75, 3.05) is 18.5 Å². The monoisotopic (exact) mass is 307 g/mol. The molecular weight excluding hydrogens is 293 g/mol. The van der Waals surface area contributed by atoms with Gasteiger partial charge in [0.05, 0.1) is 17.3 Å². The van der Waals surface area contributed by atoms with E-state index in [2.05, 4.69) is 11.4 Å². The second kappa shape index (κ2) is 5.55. The van der Waals surface area contributed by atoms with Gasteiger partial charge in [0.25, 0.3) is 0 Å². The van der Waals surface area contributed by atoms with E-state index in [1.165, 1.54) is 5.56 Å². The third-order valence-electron chi connectivity index (χ3n) is 3.59. The van der Waals surface area contributed by atoms with Gasteiger partial charge in [0.1, 0.15) is 5.75 Å². The number of fused-ring (bicyclic) bond motifs is 1. The number of hydrogen-bond acceptors (Lipinski definition) is 2. The number of ether oxygens (including phenoxy) is 1. The molecule has 1 aliphatic rings. The lowest BCUT2D eigenvalue weighted by molar-refractivity contribution is 0.334. The van der Waals surface area contributed by atoms with E-state index in [9.17, 15) is 0 Å². The Balaban J connectivity index is 1.74. The first kappa shape index (κ1) is 13.6. The van der Waals surface area contributed by atoms with E-state index in [4.69, 9.17) is 27.9 Å². The first-order chi connectivity index (χ1) is 9.65. The Labute approximate surface area is 128 Å². The van der Waals surface area contributed by atoms with Gasteiger partial charge in [-0.25, -0.2) is 0 Å². The Kier molecular flexibility index (Phi) is 3.77. The molecule has 104 valence electrons. The second-order valence-corrected chi connectivity index (χ2v) is 5.82. The molecule has 1 heterocycles. The number of halogens is 2. The van der Waals surface area contributed by atoms with Crippen molar-refractivity contribution in [3.63, 3.8) is 0 Å². The molecule has 2 aromatic carbocycles. The van der Waals surface area contributed by atoms with Crippen LogP contribution in [0.3, 0.4) is 0 Å². The summed E-state index contributed by atoms with van der Waals surface area (Å²) in [5.41, 5.74) is 3.10. The Morgan fingerprint density at radius 1 is 1.20 bits per heavy atom. The molecule has 0 spiro atoms. The highest BCUT2D eigenvalue weighted by molar-refractivity contribution is 6.35. The molecule has 0 amide bonds. The highest BCUT2D eigenvalue weighted by Gasteiger charge is 2.23. The van der Waals surface area contributed by atoms with Crippen LogP contribution in [0.5, 0.6) is 5.75 Å². The minimum atomic E-state index is 0.336. The number of anilines is 1. The summed E-state index contributed by atoms with van der Waals surface area (Å²) in [5.74, 6) is 1.31. The summed E-state index contributed by atoms with van der Waals surface area (Å²) in [6.07, 6.45) is 0. The number of benzene rings is 2. The third kappa shape index (κ3) is 2.58. The van der Waals surface area contributed by atoms with E-state index >= 15 is 0 Å². The lowest BCUT2D eigenvalue weighted by atomic mass is 10.0. The van der Waals surface area contributed by atoms with Crippen LogP contribution in [0.4, 0.5) is 5.69 Å². The first-order valence-electron chi connectivity index (χ1n) is 6.56. The van der Waals surface area contributed by atoms with Crippen LogP contribution >= 0.6 is 23.2 Å². The molecule has 0 fully saturated rings. The predicted molar refractivity (Wildman–Crippen MR) is 84.4 cm³/mol. The third-order valence-corrected chi connectivity index (χ3v) is 4.31. The van der Waals surface area contributed by atoms with Gasteiger partial charge >= 0.3 is 0 Å². The summed E-state index contributed by atoms with van der Waals surface area (Å²) in [7, 11) is 0. The van der Waals surface area contributed by atoms with Crippen molar-refractivity contribution in [1.82, 2.24) is 0 Å². The summed E-state index contributed by atoms with van der Waals surface area (Å²) in [6.45, 7) is 3.42. The van der Waals surface area contributed by atoms with E-state index in [1.54, 1.807) is 0 Å². The van der Waals surface area contributed by atoms with Gasteiger partial charge in [0.15, 0.2) is 0 Å². The van der Waals surface area contributed by atoms with E-state index < -0.39 is 0 Å². The zero-order valence-corrected chi connectivity index (χ0v) is 12.6. The van der Waals surface area contributed by atoms with Crippen LogP contribution in [-0.4, -0.2) is 13.2 Å². The fourth-order valence-corrected chi connectivity index (χ4v) is 2.86. The van der Waals surface area contributed by atoms with Gasteiger partial charge < -0.3 is 10.1 Å². The molecule has 1 N–H and O–H groups in total. The van der Waals surface area contributed by atoms with Gasteiger partial charge in [-0.2, -0.15) is 0 Å². The van der Waals surface area contributed by atoms with Crippen LogP contribution in [0, 0.1) is 6.92 Å². The SMILES string of the molecule is Cc1cc(Cl)c(NCC2COc3ccccc32)cc1Cl. The number of rotatable bonds is 3. The molecule has 20 heavy (non-hydrogen) atoms. The average Bonchev–Trinajstić information content (AvgIpc) is 2.85. The molecule has 0 aliphatic carbocycles. The zero-order valence-electron chi connectivity index (χ0n) is 11.1. The highest BCUT2D eigenvalue weighted by atomic mass is 35.5. The lowest BCUT2D eigenvalue weighted by Gasteiger charge is -2.14. The Hall–Kier alpha value is -1.38. The topological polar surface area (TPSA) is 21.3 Å². The summed E-state index contributed by atoms with van der Waals surface area (Å²) in [6, 6.07) is 11.9. The maximum atomic E-state index is 6.23. The fraction of sp³-hybridized carbons (Fsp3) is 0.250. The van der Waals surface area contributed by atoms with Crippen molar-refractivity contribution in [2.24, 2.45) is 0 Å². The van der Waals surface area contributed by atoms with Crippen molar-refractivity contribution < 1.29 is 4.74 Å². The van der Waals surface area contributed by atoms with E-state index in [1.807, 2.05) is 37.3 Å². The van der Waals surface area contributed by atoms with E-state index in [0.29, 0.717) is 17.5 Å². The second-order valence-electron chi connectivity index (χ2n) is 5.01. The summed E-state index contributed by atoms with van der Waals surface area (Å²) >= 11 is 12.4. The van der Waals surface area contributed by atoms with Crippen LogP contribution < -0.4 is 10.1 Å². The maximum Gasteiger partial charge on any atom is 0.122 e. The molecule has 1 atom stereocenters. The minimum absolute atomic E-state index is 0.336. The molecule has 0 saturated heterocycles. The van der Waals surface area contributed by atoms with Crippen molar-refractivity contribution in [3.05, 3.63) is 57.6 Å².